The van der Waals surface area contributed by atoms with Crippen LogP contribution in [0.25, 0.3) is 0 Å². The molecule has 1 nitrogen and oxygen atoms in total. The lowest BCUT2D eigenvalue weighted by atomic mass is 10.0. The van der Waals surface area contributed by atoms with Crippen LogP contribution in [0, 0.1) is 5.92 Å². The first kappa shape index (κ1) is 9.01. The predicted molar refractivity (Wildman–Crippen MR) is 50.9 cm³/mol. The summed E-state index contributed by atoms with van der Waals surface area (Å²) in [6.45, 7) is 3.85. The van der Waals surface area contributed by atoms with E-state index in [2.05, 4.69) is 18.7 Å². The van der Waals surface area contributed by atoms with Crippen LogP contribution in [0.2, 0.25) is 0 Å². The van der Waals surface area contributed by atoms with E-state index in [0.29, 0.717) is 0 Å². The highest BCUT2D eigenvalue weighted by Crippen LogP contribution is 2.08. The van der Waals surface area contributed by atoms with Crippen LogP contribution in [-0.2, 0) is 6.42 Å². The molecule has 0 aliphatic rings. The smallest absolute Gasteiger partial charge is 0.0496 e. The summed E-state index contributed by atoms with van der Waals surface area (Å²) in [6.07, 6.45) is 2.67. The summed E-state index contributed by atoms with van der Waals surface area (Å²) in [4.78, 5) is 0. The van der Waals surface area contributed by atoms with Gasteiger partial charge in [0.1, 0.15) is 0 Å². The summed E-state index contributed by atoms with van der Waals surface area (Å²) in [5.74, 6) is 0.187. The summed E-state index contributed by atoms with van der Waals surface area (Å²) in [5.41, 5.74) is 1.25. The van der Waals surface area contributed by atoms with E-state index in [1.807, 2.05) is 18.2 Å². The van der Waals surface area contributed by atoms with Crippen molar-refractivity contribution in [1.29, 1.82) is 0 Å². The van der Waals surface area contributed by atoms with E-state index < -0.39 is 0 Å². The molecule has 0 spiro atoms. The van der Waals surface area contributed by atoms with Crippen LogP contribution in [0.5, 0.6) is 0 Å². The molecule has 0 radical (unpaired) electrons. The summed E-state index contributed by atoms with van der Waals surface area (Å²) in [7, 11) is 0. The minimum absolute atomic E-state index is 0.179. The van der Waals surface area contributed by atoms with Crippen LogP contribution >= 0.6 is 0 Å². The molecule has 1 aromatic carbocycles. The molecule has 1 heteroatoms. The normalized spacial score (nSPS) is 12.4. The quantitative estimate of drug-likeness (QED) is 0.671. The monoisotopic (exact) mass is 162 g/mol. The van der Waals surface area contributed by atoms with Crippen molar-refractivity contribution in [3.8, 4) is 0 Å². The van der Waals surface area contributed by atoms with Gasteiger partial charge in [-0.25, -0.2) is 0 Å². The van der Waals surface area contributed by atoms with Crippen LogP contribution in [0.15, 0.2) is 43.0 Å². The molecule has 0 fully saturated rings. The van der Waals surface area contributed by atoms with Crippen molar-refractivity contribution >= 4 is 0 Å². The molecular formula is C11H14O. The van der Waals surface area contributed by atoms with Crippen molar-refractivity contribution in [2.24, 2.45) is 5.92 Å². The van der Waals surface area contributed by atoms with Gasteiger partial charge in [0, 0.05) is 12.5 Å². The Morgan fingerprint density at radius 3 is 2.50 bits per heavy atom. The summed E-state index contributed by atoms with van der Waals surface area (Å²) in [6, 6.07) is 10.1. The third kappa shape index (κ3) is 2.51. The number of hydrogen-bond donors (Lipinski definition) is 1. The minimum Gasteiger partial charge on any atom is -0.396 e. The first-order chi connectivity index (χ1) is 5.86. The van der Waals surface area contributed by atoms with Gasteiger partial charge in [-0.2, -0.15) is 0 Å². The SMILES string of the molecule is C=CC(CO)Cc1ccccc1. The Balaban J connectivity index is 2.56. The molecule has 0 saturated carbocycles. The summed E-state index contributed by atoms with van der Waals surface area (Å²) in [5, 5.41) is 8.92. The zero-order valence-corrected chi connectivity index (χ0v) is 7.11. The molecule has 1 atom stereocenters. The average molecular weight is 162 g/mol. The molecule has 0 bridgehead atoms. The van der Waals surface area contributed by atoms with Crippen molar-refractivity contribution in [2.75, 3.05) is 6.61 Å². The number of hydrogen-bond acceptors (Lipinski definition) is 1. The Kier molecular flexibility index (Phi) is 3.55. The molecule has 0 aliphatic carbocycles. The highest BCUT2D eigenvalue weighted by atomic mass is 16.3. The highest BCUT2D eigenvalue weighted by Gasteiger charge is 2.02. The van der Waals surface area contributed by atoms with Crippen LogP contribution in [0.4, 0.5) is 0 Å². The lowest BCUT2D eigenvalue weighted by Crippen LogP contribution is -2.05. The van der Waals surface area contributed by atoms with Gasteiger partial charge in [-0.05, 0) is 12.0 Å². The average Bonchev–Trinajstić information content (AvgIpc) is 2.16. The van der Waals surface area contributed by atoms with E-state index in [9.17, 15) is 0 Å². The molecule has 0 aromatic heterocycles. The molecule has 64 valence electrons. The van der Waals surface area contributed by atoms with E-state index in [-0.39, 0.29) is 12.5 Å². The van der Waals surface area contributed by atoms with E-state index in [1.54, 1.807) is 6.08 Å². The Morgan fingerprint density at radius 1 is 1.33 bits per heavy atom. The van der Waals surface area contributed by atoms with Gasteiger partial charge in [0.05, 0.1) is 0 Å². The second-order valence-electron chi connectivity index (χ2n) is 2.87. The molecule has 0 heterocycles. The van der Waals surface area contributed by atoms with Gasteiger partial charge in [-0.15, -0.1) is 6.58 Å². The molecule has 1 aromatic rings. The Hall–Kier alpha value is -1.08. The largest absolute Gasteiger partial charge is 0.396 e. The fourth-order valence-electron chi connectivity index (χ4n) is 1.14. The third-order valence-electron chi connectivity index (χ3n) is 1.91. The van der Waals surface area contributed by atoms with E-state index in [4.69, 9.17) is 5.11 Å². The zero-order chi connectivity index (χ0) is 8.81. The number of benzene rings is 1. The maximum absolute atomic E-state index is 8.92. The van der Waals surface area contributed by atoms with Crippen LogP contribution in [0.1, 0.15) is 5.56 Å². The Morgan fingerprint density at radius 2 is 2.00 bits per heavy atom. The highest BCUT2D eigenvalue weighted by molar-refractivity contribution is 5.16. The molecule has 1 unspecified atom stereocenters. The maximum atomic E-state index is 8.92. The maximum Gasteiger partial charge on any atom is 0.0496 e. The van der Waals surface area contributed by atoms with Crippen molar-refractivity contribution in [1.82, 2.24) is 0 Å². The van der Waals surface area contributed by atoms with E-state index in [1.165, 1.54) is 5.56 Å². The first-order valence-electron chi connectivity index (χ1n) is 4.14. The number of aliphatic hydroxyl groups is 1. The Bertz CT molecular complexity index is 228. The predicted octanol–water partition coefficient (Wildman–Crippen LogP) is 2.02. The lowest BCUT2D eigenvalue weighted by Gasteiger charge is -2.07. The van der Waals surface area contributed by atoms with Gasteiger partial charge >= 0.3 is 0 Å². The van der Waals surface area contributed by atoms with Gasteiger partial charge in [0.15, 0.2) is 0 Å². The number of rotatable bonds is 4. The van der Waals surface area contributed by atoms with Gasteiger partial charge in [-0.1, -0.05) is 36.4 Å². The molecule has 0 aliphatic heterocycles. The van der Waals surface area contributed by atoms with E-state index >= 15 is 0 Å². The second-order valence-corrected chi connectivity index (χ2v) is 2.87. The van der Waals surface area contributed by atoms with Gasteiger partial charge in [0.25, 0.3) is 0 Å². The van der Waals surface area contributed by atoms with Gasteiger partial charge in [-0.3, -0.25) is 0 Å². The van der Waals surface area contributed by atoms with Gasteiger partial charge < -0.3 is 5.11 Å². The standard InChI is InChI=1S/C11H14O/c1-2-10(9-12)8-11-6-4-3-5-7-11/h2-7,10,12H,1,8-9H2. The van der Waals surface area contributed by atoms with Crippen molar-refractivity contribution in [3.05, 3.63) is 48.6 Å². The van der Waals surface area contributed by atoms with Crippen molar-refractivity contribution < 1.29 is 5.11 Å². The van der Waals surface area contributed by atoms with Crippen molar-refractivity contribution in [2.45, 2.75) is 6.42 Å². The first-order valence-corrected chi connectivity index (χ1v) is 4.14. The van der Waals surface area contributed by atoms with Gasteiger partial charge in [0.2, 0.25) is 0 Å². The molecule has 1 N–H and O–H groups in total. The fraction of sp³-hybridized carbons (Fsp3) is 0.273. The fourth-order valence-corrected chi connectivity index (χ4v) is 1.14. The third-order valence-corrected chi connectivity index (χ3v) is 1.91. The topological polar surface area (TPSA) is 20.2 Å². The van der Waals surface area contributed by atoms with Crippen LogP contribution in [0.3, 0.4) is 0 Å². The minimum atomic E-state index is 0.179. The van der Waals surface area contributed by atoms with Crippen molar-refractivity contribution in [3.63, 3.8) is 0 Å². The molecule has 1 rings (SSSR count). The number of aliphatic hydroxyl groups excluding tert-OH is 1. The molecule has 0 saturated heterocycles. The second kappa shape index (κ2) is 4.73. The van der Waals surface area contributed by atoms with E-state index in [0.717, 1.165) is 6.42 Å². The Labute approximate surface area is 73.4 Å². The molecular weight excluding hydrogens is 148 g/mol. The molecule has 0 amide bonds. The summed E-state index contributed by atoms with van der Waals surface area (Å²) < 4.78 is 0. The van der Waals surface area contributed by atoms with Crippen LogP contribution in [-0.4, -0.2) is 11.7 Å². The molecule has 12 heavy (non-hydrogen) atoms. The summed E-state index contributed by atoms with van der Waals surface area (Å²) >= 11 is 0. The van der Waals surface area contributed by atoms with Crippen LogP contribution < -0.4 is 0 Å². The lowest BCUT2D eigenvalue weighted by molar-refractivity contribution is 0.252. The zero-order valence-electron chi connectivity index (χ0n) is 7.11.